The minimum atomic E-state index is -0.525. The number of rotatable bonds is 3. The van der Waals surface area contributed by atoms with Gasteiger partial charge in [0.2, 0.25) is 0 Å². The Morgan fingerprint density at radius 3 is 2.44 bits per heavy atom. The van der Waals surface area contributed by atoms with E-state index in [4.69, 9.17) is 16.3 Å². The fraction of sp³-hybridized carbons (Fsp3) is 0.417. The van der Waals surface area contributed by atoms with Crippen LogP contribution in [0.25, 0.3) is 0 Å². The summed E-state index contributed by atoms with van der Waals surface area (Å²) in [5, 5.41) is 3.92. The third-order valence-electron chi connectivity index (χ3n) is 3.01. The molecule has 0 aromatic heterocycles. The third kappa shape index (κ3) is 2.00. The molecule has 1 N–H and O–H groups in total. The lowest BCUT2D eigenvalue weighted by Gasteiger charge is -2.40. The normalized spacial score (nSPS) is 17.4. The Balaban J connectivity index is 2.13. The molecule has 0 heterocycles. The van der Waals surface area contributed by atoms with E-state index in [9.17, 15) is 4.79 Å². The molecule has 1 aromatic carbocycles. The number of esters is 1. The van der Waals surface area contributed by atoms with Crippen molar-refractivity contribution in [2.75, 3.05) is 12.4 Å². The number of hydrogen-bond acceptors (Lipinski definition) is 3. The van der Waals surface area contributed by atoms with Gasteiger partial charge < -0.3 is 10.1 Å². The standard InChI is InChI=1S/C12H14ClNO2/c1-16-11(15)12(7-2-8-12)14-10-5-3-9(13)4-6-10/h3-6,14H,2,7-8H2,1H3. The van der Waals surface area contributed by atoms with Gasteiger partial charge in [0.05, 0.1) is 7.11 Å². The lowest BCUT2D eigenvalue weighted by molar-refractivity contribution is -0.149. The summed E-state index contributed by atoms with van der Waals surface area (Å²) in [4.78, 5) is 11.7. The first-order valence-electron chi connectivity index (χ1n) is 5.28. The van der Waals surface area contributed by atoms with E-state index in [2.05, 4.69) is 5.32 Å². The summed E-state index contributed by atoms with van der Waals surface area (Å²) in [6.45, 7) is 0. The lowest BCUT2D eigenvalue weighted by Crippen LogP contribution is -2.52. The van der Waals surface area contributed by atoms with E-state index in [0.717, 1.165) is 24.9 Å². The van der Waals surface area contributed by atoms with Crippen molar-refractivity contribution in [2.45, 2.75) is 24.8 Å². The smallest absolute Gasteiger partial charge is 0.331 e. The van der Waals surface area contributed by atoms with Gasteiger partial charge in [-0.15, -0.1) is 0 Å². The van der Waals surface area contributed by atoms with Crippen molar-refractivity contribution in [1.29, 1.82) is 0 Å². The van der Waals surface area contributed by atoms with Crippen LogP contribution in [0.3, 0.4) is 0 Å². The van der Waals surface area contributed by atoms with Crippen molar-refractivity contribution in [1.82, 2.24) is 0 Å². The van der Waals surface area contributed by atoms with Crippen LogP contribution in [0, 0.1) is 0 Å². The largest absolute Gasteiger partial charge is 0.467 e. The van der Waals surface area contributed by atoms with E-state index >= 15 is 0 Å². The molecule has 0 radical (unpaired) electrons. The molecular weight excluding hydrogens is 226 g/mol. The molecule has 3 nitrogen and oxygen atoms in total. The fourth-order valence-corrected chi connectivity index (χ4v) is 2.04. The molecule has 0 unspecified atom stereocenters. The zero-order valence-electron chi connectivity index (χ0n) is 9.13. The first-order chi connectivity index (χ1) is 7.66. The summed E-state index contributed by atoms with van der Waals surface area (Å²) in [7, 11) is 1.42. The van der Waals surface area contributed by atoms with Crippen molar-refractivity contribution in [2.24, 2.45) is 0 Å². The predicted molar refractivity (Wildman–Crippen MR) is 63.7 cm³/mol. The summed E-state index contributed by atoms with van der Waals surface area (Å²) >= 11 is 5.80. The number of carbonyl (C=O) groups excluding carboxylic acids is 1. The van der Waals surface area contributed by atoms with Crippen LogP contribution in [-0.2, 0) is 9.53 Å². The molecule has 4 heteroatoms. The molecule has 1 saturated carbocycles. The van der Waals surface area contributed by atoms with Crippen LogP contribution in [0.15, 0.2) is 24.3 Å². The van der Waals surface area contributed by atoms with Crippen molar-refractivity contribution in [3.8, 4) is 0 Å². The molecule has 0 spiro atoms. The number of anilines is 1. The predicted octanol–water partition coefficient (Wildman–Crippen LogP) is 2.85. The molecule has 1 aliphatic rings. The molecule has 0 atom stereocenters. The minimum Gasteiger partial charge on any atom is -0.467 e. The SMILES string of the molecule is COC(=O)C1(Nc2ccc(Cl)cc2)CCC1. The summed E-state index contributed by atoms with van der Waals surface area (Å²) in [5.74, 6) is -0.186. The Bertz CT molecular complexity index is 385. The van der Waals surface area contributed by atoms with E-state index < -0.39 is 5.54 Å². The lowest BCUT2D eigenvalue weighted by atomic mass is 9.76. The summed E-state index contributed by atoms with van der Waals surface area (Å²) < 4.78 is 4.83. The van der Waals surface area contributed by atoms with E-state index in [0.29, 0.717) is 5.02 Å². The Morgan fingerprint density at radius 2 is 2.00 bits per heavy atom. The molecule has 0 aliphatic heterocycles. The number of hydrogen-bond donors (Lipinski definition) is 1. The maximum Gasteiger partial charge on any atom is 0.331 e. The first-order valence-corrected chi connectivity index (χ1v) is 5.66. The highest BCUT2D eigenvalue weighted by Crippen LogP contribution is 2.36. The van der Waals surface area contributed by atoms with Gasteiger partial charge in [-0.05, 0) is 43.5 Å². The number of carbonyl (C=O) groups is 1. The van der Waals surface area contributed by atoms with E-state index in [-0.39, 0.29) is 5.97 Å². The monoisotopic (exact) mass is 239 g/mol. The van der Waals surface area contributed by atoms with Crippen molar-refractivity contribution in [3.05, 3.63) is 29.3 Å². The zero-order chi connectivity index (χ0) is 11.6. The highest BCUT2D eigenvalue weighted by Gasteiger charge is 2.45. The maximum atomic E-state index is 11.7. The molecule has 0 saturated heterocycles. The van der Waals surface area contributed by atoms with Crippen molar-refractivity contribution >= 4 is 23.3 Å². The van der Waals surface area contributed by atoms with E-state index in [1.165, 1.54) is 7.11 Å². The Kier molecular flexibility index (Phi) is 3.06. The van der Waals surface area contributed by atoms with Crippen LogP contribution in [0.2, 0.25) is 5.02 Å². The van der Waals surface area contributed by atoms with Crippen LogP contribution >= 0.6 is 11.6 Å². The van der Waals surface area contributed by atoms with Gasteiger partial charge in [-0.1, -0.05) is 11.6 Å². The van der Waals surface area contributed by atoms with Gasteiger partial charge in [0.15, 0.2) is 0 Å². The average Bonchev–Trinajstić information content (AvgIpc) is 2.25. The van der Waals surface area contributed by atoms with Gasteiger partial charge in [-0.2, -0.15) is 0 Å². The van der Waals surface area contributed by atoms with Gasteiger partial charge in [-0.3, -0.25) is 0 Å². The molecule has 1 fully saturated rings. The van der Waals surface area contributed by atoms with Gasteiger partial charge in [-0.25, -0.2) is 4.79 Å². The summed E-state index contributed by atoms with van der Waals surface area (Å²) in [5.41, 5.74) is 0.372. The highest BCUT2D eigenvalue weighted by molar-refractivity contribution is 6.30. The quantitative estimate of drug-likeness (QED) is 0.825. The molecule has 1 aliphatic carbocycles. The number of nitrogens with one attached hydrogen (secondary N) is 1. The molecule has 0 amide bonds. The zero-order valence-corrected chi connectivity index (χ0v) is 9.88. The second kappa shape index (κ2) is 4.34. The highest BCUT2D eigenvalue weighted by atomic mass is 35.5. The summed E-state index contributed by atoms with van der Waals surface area (Å²) in [6, 6.07) is 7.33. The molecule has 16 heavy (non-hydrogen) atoms. The molecule has 2 rings (SSSR count). The third-order valence-corrected chi connectivity index (χ3v) is 3.26. The van der Waals surface area contributed by atoms with Gasteiger partial charge in [0.1, 0.15) is 5.54 Å². The number of benzene rings is 1. The van der Waals surface area contributed by atoms with Crippen molar-refractivity contribution in [3.63, 3.8) is 0 Å². The van der Waals surface area contributed by atoms with Gasteiger partial charge in [0.25, 0.3) is 0 Å². The molecule has 0 bridgehead atoms. The first kappa shape index (κ1) is 11.3. The summed E-state index contributed by atoms with van der Waals surface area (Å²) in [6.07, 6.45) is 2.69. The average molecular weight is 240 g/mol. The van der Waals surface area contributed by atoms with Crippen LogP contribution in [0.4, 0.5) is 5.69 Å². The number of ether oxygens (including phenoxy) is 1. The van der Waals surface area contributed by atoms with Gasteiger partial charge >= 0.3 is 5.97 Å². The Morgan fingerprint density at radius 1 is 1.38 bits per heavy atom. The van der Waals surface area contributed by atoms with Crippen LogP contribution < -0.4 is 5.32 Å². The van der Waals surface area contributed by atoms with Crippen LogP contribution in [0.1, 0.15) is 19.3 Å². The topological polar surface area (TPSA) is 38.3 Å². The number of halogens is 1. The maximum absolute atomic E-state index is 11.7. The Labute approximate surface area is 99.7 Å². The Hall–Kier alpha value is -1.22. The second-order valence-electron chi connectivity index (χ2n) is 4.06. The van der Waals surface area contributed by atoms with Crippen molar-refractivity contribution < 1.29 is 9.53 Å². The molecular formula is C12H14ClNO2. The number of methoxy groups -OCH3 is 1. The van der Waals surface area contributed by atoms with Crippen LogP contribution in [0.5, 0.6) is 0 Å². The minimum absolute atomic E-state index is 0.186. The fourth-order valence-electron chi connectivity index (χ4n) is 1.92. The van der Waals surface area contributed by atoms with E-state index in [1.807, 2.05) is 12.1 Å². The van der Waals surface area contributed by atoms with Gasteiger partial charge in [0, 0.05) is 10.7 Å². The second-order valence-corrected chi connectivity index (χ2v) is 4.50. The molecule has 1 aromatic rings. The van der Waals surface area contributed by atoms with Crippen LogP contribution in [-0.4, -0.2) is 18.6 Å². The van der Waals surface area contributed by atoms with E-state index in [1.54, 1.807) is 12.1 Å². The molecule has 86 valence electrons.